The van der Waals surface area contributed by atoms with E-state index in [2.05, 4.69) is 10.6 Å². The summed E-state index contributed by atoms with van der Waals surface area (Å²) in [7, 11) is 0. The molecule has 1 atom stereocenters. The van der Waals surface area contributed by atoms with E-state index in [1.54, 1.807) is 0 Å². The Bertz CT molecular complexity index is 177. The Morgan fingerprint density at radius 2 is 2.58 bits per heavy atom. The zero-order valence-corrected chi connectivity index (χ0v) is 7.47. The van der Waals surface area contributed by atoms with Crippen LogP contribution in [0.3, 0.4) is 0 Å². The van der Waals surface area contributed by atoms with E-state index >= 15 is 0 Å². The average Bonchev–Trinajstić information content (AvgIpc) is 2.09. The molecule has 1 fully saturated rings. The predicted octanol–water partition coefficient (Wildman–Crippen LogP) is 0.431. The maximum absolute atomic E-state index is 11.2. The summed E-state index contributed by atoms with van der Waals surface area (Å²) in [6, 6.07) is 0.0231. The van der Waals surface area contributed by atoms with Crippen molar-refractivity contribution in [1.82, 2.24) is 10.6 Å². The maximum atomic E-state index is 11.2. The molecule has 68 valence electrons. The second-order valence-corrected chi connectivity index (χ2v) is 2.96. The van der Waals surface area contributed by atoms with Gasteiger partial charge in [-0.25, -0.2) is 0 Å². The van der Waals surface area contributed by atoms with Crippen LogP contribution >= 0.6 is 0 Å². The van der Waals surface area contributed by atoms with Crippen LogP contribution in [-0.4, -0.2) is 25.0 Å². The van der Waals surface area contributed by atoms with Gasteiger partial charge in [0.1, 0.15) is 0 Å². The highest BCUT2D eigenvalue weighted by Crippen LogP contribution is 2.01. The standard InChI is InChI=1S/C9H16N2O/c1-2-3-6-10-8-5-4-7-11-9(8)12/h2-3,8,10H,4-7H2,1H3,(H,11,12)/b3-2+. The third-order valence-corrected chi connectivity index (χ3v) is 2.00. The normalized spacial score (nSPS) is 24.4. The van der Waals surface area contributed by atoms with Gasteiger partial charge in [-0.05, 0) is 19.8 Å². The van der Waals surface area contributed by atoms with Gasteiger partial charge in [0.15, 0.2) is 0 Å². The molecule has 1 rings (SSSR count). The molecule has 0 aliphatic carbocycles. The Labute approximate surface area is 73.2 Å². The Morgan fingerprint density at radius 3 is 3.25 bits per heavy atom. The maximum Gasteiger partial charge on any atom is 0.237 e. The minimum atomic E-state index is 0.0231. The van der Waals surface area contributed by atoms with Crippen molar-refractivity contribution in [2.24, 2.45) is 0 Å². The first-order valence-corrected chi connectivity index (χ1v) is 4.47. The lowest BCUT2D eigenvalue weighted by Gasteiger charge is -2.22. The number of hydrogen-bond acceptors (Lipinski definition) is 2. The van der Waals surface area contributed by atoms with Crippen LogP contribution in [0.1, 0.15) is 19.8 Å². The molecule has 3 nitrogen and oxygen atoms in total. The van der Waals surface area contributed by atoms with Crippen molar-refractivity contribution in [3.63, 3.8) is 0 Å². The lowest BCUT2D eigenvalue weighted by atomic mass is 10.1. The summed E-state index contributed by atoms with van der Waals surface area (Å²) in [4.78, 5) is 11.2. The molecule has 3 heteroatoms. The average molecular weight is 168 g/mol. The fourth-order valence-corrected chi connectivity index (χ4v) is 1.29. The molecule has 2 N–H and O–H groups in total. The molecular formula is C9H16N2O. The summed E-state index contributed by atoms with van der Waals surface area (Å²) in [5.41, 5.74) is 0. The summed E-state index contributed by atoms with van der Waals surface area (Å²) in [5.74, 6) is 0.144. The van der Waals surface area contributed by atoms with Crippen molar-refractivity contribution in [3.05, 3.63) is 12.2 Å². The van der Waals surface area contributed by atoms with Crippen molar-refractivity contribution < 1.29 is 4.79 Å². The summed E-state index contributed by atoms with van der Waals surface area (Å²) in [6.45, 7) is 3.60. The molecular weight excluding hydrogens is 152 g/mol. The molecule has 0 aromatic carbocycles. The van der Waals surface area contributed by atoms with E-state index in [1.165, 1.54) is 0 Å². The van der Waals surface area contributed by atoms with Crippen molar-refractivity contribution in [2.45, 2.75) is 25.8 Å². The number of carbonyl (C=O) groups is 1. The number of nitrogens with one attached hydrogen (secondary N) is 2. The van der Waals surface area contributed by atoms with Gasteiger partial charge in [-0.1, -0.05) is 12.2 Å². The molecule has 1 amide bonds. The summed E-state index contributed by atoms with van der Waals surface area (Å²) >= 11 is 0. The Kier molecular flexibility index (Phi) is 3.80. The van der Waals surface area contributed by atoms with Crippen LogP contribution in [0.4, 0.5) is 0 Å². The van der Waals surface area contributed by atoms with E-state index in [9.17, 15) is 4.79 Å². The van der Waals surface area contributed by atoms with Gasteiger partial charge < -0.3 is 10.6 Å². The van der Waals surface area contributed by atoms with Gasteiger partial charge in [0.25, 0.3) is 0 Å². The molecule has 1 saturated heterocycles. The van der Waals surface area contributed by atoms with Gasteiger partial charge in [-0.15, -0.1) is 0 Å². The van der Waals surface area contributed by atoms with Crippen LogP contribution in [-0.2, 0) is 4.79 Å². The molecule has 0 spiro atoms. The van der Waals surface area contributed by atoms with Gasteiger partial charge in [-0.2, -0.15) is 0 Å². The van der Waals surface area contributed by atoms with Crippen LogP contribution in [0.5, 0.6) is 0 Å². The van der Waals surface area contributed by atoms with E-state index < -0.39 is 0 Å². The molecule has 0 radical (unpaired) electrons. The highest BCUT2D eigenvalue weighted by molar-refractivity contribution is 5.82. The van der Waals surface area contributed by atoms with Crippen LogP contribution in [0.15, 0.2) is 12.2 Å². The summed E-state index contributed by atoms with van der Waals surface area (Å²) < 4.78 is 0. The van der Waals surface area contributed by atoms with Gasteiger partial charge in [0.2, 0.25) is 5.91 Å². The zero-order chi connectivity index (χ0) is 8.81. The van der Waals surface area contributed by atoms with E-state index in [4.69, 9.17) is 0 Å². The van der Waals surface area contributed by atoms with E-state index in [-0.39, 0.29) is 11.9 Å². The molecule has 1 aliphatic rings. The Balaban J connectivity index is 2.24. The second-order valence-electron chi connectivity index (χ2n) is 2.96. The van der Waals surface area contributed by atoms with Crippen LogP contribution in [0.25, 0.3) is 0 Å². The third-order valence-electron chi connectivity index (χ3n) is 2.00. The van der Waals surface area contributed by atoms with Crippen molar-refractivity contribution in [3.8, 4) is 0 Å². The van der Waals surface area contributed by atoms with Crippen LogP contribution < -0.4 is 10.6 Å². The molecule has 0 saturated carbocycles. The molecule has 0 bridgehead atoms. The lowest BCUT2D eigenvalue weighted by molar-refractivity contribution is -0.124. The molecule has 12 heavy (non-hydrogen) atoms. The highest BCUT2D eigenvalue weighted by atomic mass is 16.2. The minimum Gasteiger partial charge on any atom is -0.355 e. The first kappa shape index (κ1) is 9.26. The minimum absolute atomic E-state index is 0.0231. The van der Waals surface area contributed by atoms with E-state index in [1.807, 2.05) is 19.1 Å². The Morgan fingerprint density at radius 1 is 1.75 bits per heavy atom. The summed E-state index contributed by atoms with van der Waals surface area (Å²) in [5, 5.41) is 6.01. The summed E-state index contributed by atoms with van der Waals surface area (Å²) in [6.07, 6.45) is 6.04. The molecule has 0 aromatic heterocycles. The number of carbonyl (C=O) groups excluding carboxylic acids is 1. The highest BCUT2D eigenvalue weighted by Gasteiger charge is 2.19. The Hall–Kier alpha value is -0.830. The van der Waals surface area contributed by atoms with Gasteiger partial charge in [0.05, 0.1) is 6.04 Å². The first-order chi connectivity index (χ1) is 5.84. The predicted molar refractivity (Wildman–Crippen MR) is 48.8 cm³/mol. The number of hydrogen-bond donors (Lipinski definition) is 2. The van der Waals surface area contributed by atoms with Crippen molar-refractivity contribution in [2.75, 3.05) is 13.1 Å². The van der Waals surface area contributed by atoms with Crippen molar-refractivity contribution >= 4 is 5.91 Å². The fraction of sp³-hybridized carbons (Fsp3) is 0.667. The van der Waals surface area contributed by atoms with E-state index in [0.717, 1.165) is 25.9 Å². The topological polar surface area (TPSA) is 41.1 Å². The van der Waals surface area contributed by atoms with Gasteiger partial charge in [-0.3, -0.25) is 4.79 Å². The SMILES string of the molecule is C/C=C/CNC1CCCNC1=O. The quantitative estimate of drug-likeness (QED) is 0.600. The van der Waals surface area contributed by atoms with Gasteiger partial charge >= 0.3 is 0 Å². The van der Waals surface area contributed by atoms with Crippen LogP contribution in [0.2, 0.25) is 0 Å². The fourth-order valence-electron chi connectivity index (χ4n) is 1.29. The van der Waals surface area contributed by atoms with E-state index in [0.29, 0.717) is 0 Å². The molecule has 1 aliphatic heterocycles. The molecule has 1 unspecified atom stereocenters. The van der Waals surface area contributed by atoms with Crippen molar-refractivity contribution in [1.29, 1.82) is 0 Å². The molecule has 1 heterocycles. The zero-order valence-electron chi connectivity index (χ0n) is 7.47. The van der Waals surface area contributed by atoms with Gasteiger partial charge in [0, 0.05) is 13.1 Å². The van der Waals surface area contributed by atoms with Crippen LogP contribution in [0, 0.1) is 0 Å². The first-order valence-electron chi connectivity index (χ1n) is 4.47. The smallest absolute Gasteiger partial charge is 0.237 e. The number of piperidine rings is 1. The third kappa shape index (κ3) is 2.66. The number of amides is 1. The molecule has 0 aromatic rings. The second kappa shape index (κ2) is 4.93. The number of rotatable bonds is 3. The largest absolute Gasteiger partial charge is 0.355 e. The monoisotopic (exact) mass is 168 g/mol. The number of allylic oxidation sites excluding steroid dienone is 1. The lowest BCUT2D eigenvalue weighted by Crippen LogP contribution is -2.48.